The molecular weight excluding hydrogens is 300 g/mol. The first-order chi connectivity index (χ1) is 11.8. The van der Waals surface area contributed by atoms with Crippen molar-refractivity contribution in [2.75, 3.05) is 11.9 Å². The molecule has 24 heavy (non-hydrogen) atoms. The van der Waals surface area contributed by atoms with E-state index in [1.54, 1.807) is 12.4 Å². The molecule has 4 heteroatoms. The maximum atomic E-state index is 11.5. The van der Waals surface area contributed by atoms with Crippen molar-refractivity contribution in [3.63, 3.8) is 0 Å². The van der Waals surface area contributed by atoms with Gasteiger partial charge in [-0.3, -0.25) is 10.3 Å². The second kappa shape index (κ2) is 10.5. The van der Waals surface area contributed by atoms with Gasteiger partial charge in [-0.2, -0.15) is 0 Å². The molecule has 1 aromatic heterocycles. The molecule has 0 bridgehead atoms. The molecule has 4 nitrogen and oxygen atoms in total. The van der Waals surface area contributed by atoms with E-state index < -0.39 is 6.09 Å². The van der Waals surface area contributed by atoms with Crippen molar-refractivity contribution in [1.82, 2.24) is 4.98 Å². The Morgan fingerprint density at radius 2 is 1.83 bits per heavy atom. The predicted octanol–water partition coefficient (Wildman–Crippen LogP) is 3.86. The number of carbonyl (C=O) groups is 1. The van der Waals surface area contributed by atoms with Gasteiger partial charge in [0.2, 0.25) is 0 Å². The number of benzene rings is 1. The lowest BCUT2D eigenvalue weighted by atomic mass is 10.2. The maximum absolute atomic E-state index is 11.5. The number of anilines is 1. The highest BCUT2D eigenvalue weighted by atomic mass is 16.5. The number of para-hydroxylation sites is 1. The van der Waals surface area contributed by atoms with Gasteiger partial charge in [0.1, 0.15) is 0 Å². The number of pyridine rings is 1. The van der Waals surface area contributed by atoms with Gasteiger partial charge < -0.3 is 4.74 Å². The number of amides is 1. The Bertz CT molecular complexity index is 750. The van der Waals surface area contributed by atoms with Crippen LogP contribution in [-0.4, -0.2) is 17.7 Å². The van der Waals surface area contributed by atoms with Gasteiger partial charge in [0.25, 0.3) is 0 Å². The summed E-state index contributed by atoms with van der Waals surface area (Å²) in [5, 5.41) is 2.66. The van der Waals surface area contributed by atoms with Crippen LogP contribution < -0.4 is 5.32 Å². The zero-order chi connectivity index (χ0) is 16.9. The van der Waals surface area contributed by atoms with E-state index in [2.05, 4.69) is 34.0 Å². The Morgan fingerprint density at radius 3 is 2.62 bits per heavy atom. The van der Waals surface area contributed by atoms with Crippen LogP contribution in [0.4, 0.5) is 10.5 Å². The minimum Gasteiger partial charge on any atom is -0.449 e. The zero-order valence-electron chi connectivity index (χ0n) is 13.3. The van der Waals surface area contributed by atoms with Crippen LogP contribution >= 0.6 is 0 Å². The van der Waals surface area contributed by atoms with Crippen LogP contribution in [0.2, 0.25) is 0 Å². The molecule has 0 saturated carbocycles. The van der Waals surface area contributed by atoms with Crippen molar-refractivity contribution in [2.45, 2.75) is 19.3 Å². The van der Waals surface area contributed by atoms with Crippen molar-refractivity contribution in [2.24, 2.45) is 0 Å². The lowest BCUT2D eigenvalue weighted by molar-refractivity contribution is 0.159. The first-order valence-electron chi connectivity index (χ1n) is 7.72. The highest BCUT2D eigenvalue weighted by Gasteiger charge is 2.01. The summed E-state index contributed by atoms with van der Waals surface area (Å²) in [6.07, 6.45) is 5.33. The molecule has 0 aliphatic heterocycles. The zero-order valence-corrected chi connectivity index (χ0v) is 13.3. The smallest absolute Gasteiger partial charge is 0.411 e. The number of nitrogens with zero attached hydrogens (tertiary/aromatic N) is 1. The van der Waals surface area contributed by atoms with E-state index in [9.17, 15) is 4.79 Å². The molecule has 1 N–H and O–H groups in total. The molecule has 0 radical (unpaired) electrons. The first kappa shape index (κ1) is 17.1. The van der Waals surface area contributed by atoms with Crippen LogP contribution in [0.25, 0.3) is 0 Å². The maximum Gasteiger partial charge on any atom is 0.411 e. The molecule has 0 spiro atoms. The third-order valence-electron chi connectivity index (χ3n) is 2.99. The summed E-state index contributed by atoms with van der Waals surface area (Å²) in [6, 6.07) is 12.9. The molecule has 120 valence electrons. The minimum atomic E-state index is -0.435. The fourth-order valence-corrected chi connectivity index (χ4v) is 1.80. The van der Waals surface area contributed by atoms with Crippen molar-refractivity contribution < 1.29 is 9.53 Å². The van der Waals surface area contributed by atoms with Crippen LogP contribution in [0.3, 0.4) is 0 Å². The number of unbranched alkanes of at least 4 members (excludes halogenated alkanes) is 2. The summed E-state index contributed by atoms with van der Waals surface area (Å²) in [7, 11) is 0. The topological polar surface area (TPSA) is 51.2 Å². The second-order valence-corrected chi connectivity index (χ2v) is 4.87. The third kappa shape index (κ3) is 7.15. The molecule has 0 unspecified atom stereocenters. The number of aromatic nitrogens is 1. The molecule has 2 aromatic rings. The van der Waals surface area contributed by atoms with E-state index in [0.717, 1.165) is 30.5 Å². The highest BCUT2D eigenvalue weighted by Crippen LogP contribution is 2.05. The lowest BCUT2D eigenvalue weighted by Gasteiger charge is -2.05. The van der Waals surface area contributed by atoms with Gasteiger partial charge >= 0.3 is 6.09 Å². The SMILES string of the molecule is O=C(Nc1ccccc1)OCCCCC#CC#Cc1ccncc1. The number of hydrogen-bond acceptors (Lipinski definition) is 3. The van der Waals surface area contributed by atoms with E-state index in [4.69, 9.17) is 4.74 Å². The number of rotatable bonds is 5. The Balaban J connectivity index is 1.55. The summed E-state index contributed by atoms with van der Waals surface area (Å²) in [5.74, 6) is 11.6. The molecule has 1 heterocycles. The summed E-state index contributed by atoms with van der Waals surface area (Å²) in [5.41, 5.74) is 1.62. The molecule has 1 amide bonds. The highest BCUT2D eigenvalue weighted by molar-refractivity contribution is 5.84. The van der Waals surface area contributed by atoms with Gasteiger partial charge in [-0.1, -0.05) is 30.0 Å². The number of hydrogen-bond donors (Lipinski definition) is 1. The largest absolute Gasteiger partial charge is 0.449 e. The molecule has 1 aromatic carbocycles. The van der Waals surface area contributed by atoms with Gasteiger partial charge in [-0.25, -0.2) is 4.79 Å². The fourth-order valence-electron chi connectivity index (χ4n) is 1.80. The third-order valence-corrected chi connectivity index (χ3v) is 2.99. The average Bonchev–Trinajstić information content (AvgIpc) is 2.62. The quantitative estimate of drug-likeness (QED) is 0.673. The molecule has 0 atom stereocenters. The molecule has 0 fully saturated rings. The van der Waals surface area contributed by atoms with Crippen molar-refractivity contribution in [1.29, 1.82) is 0 Å². The van der Waals surface area contributed by atoms with Crippen molar-refractivity contribution in [3.05, 3.63) is 60.4 Å². The average molecular weight is 318 g/mol. The Labute approximate surface area is 142 Å². The van der Waals surface area contributed by atoms with Crippen LogP contribution in [-0.2, 0) is 4.74 Å². The Hall–Kier alpha value is -3.24. The van der Waals surface area contributed by atoms with Crippen molar-refractivity contribution in [3.8, 4) is 23.7 Å². The van der Waals surface area contributed by atoms with E-state index in [-0.39, 0.29) is 0 Å². The van der Waals surface area contributed by atoms with Crippen molar-refractivity contribution >= 4 is 11.8 Å². The molecule has 2 rings (SSSR count). The summed E-state index contributed by atoms with van der Waals surface area (Å²) < 4.78 is 5.10. The molecule has 0 saturated heterocycles. The Morgan fingerprint density at radius 1 is 1.04 bits per heavy atom. The molecule has 0 aliphatic carbocycles. The van der Waals surface area contributed by atoms with E-state index in [1.165, 1.54) is 0 Å². The minimum absolute atomic E-state index is 0.378. The number of ether oxygens (including phenoxy) is 1. The fraction of sp³-hybridized carbons (Fsp3) is 0.200. The monoisotopic (exact) mass is 318 g/mol. The van der Waals surface area contributed by atoms with Gasteiger partial charge in [-0.15, -0.1) is 0 Å². The van der Waals surface area contributed by atoms with Crippen LogP contribution in [0.1, 0.15) is 24.8 Å². The number of nitrogens with one attached hydrogen (secondary N) is 1. The van der Waals surface area contributed by atoms with Crippen LogP contribution in [0.5, 0.6) is 0 Å². The number of carbonyl (C=O) groups excluding carboxylic acids is 1. The first-order valence-corrected chi connectivity index (χ1v) is 7.72. The van der Waals surface area contributed by atoms with Gasteiger partial charge in [0.15, 0.2) is 0 Å². The molecular formula is C20H18N2O2. The summed E-state index contributed by atoms with van der Waals surface area (Å²) >= 11 is 0. The van der Waals surface area contributed by atoms with Gasteiger partial charge in [0, 0.05) is 30.1 Å². The summed E-state index contributed by atoms with van der Waals surface area (Å²) in [6.45, 7) is 0.378. The van der Waals surface area contributed by atoms with Crippen LogP contribution in [0, 0.1) is 23.7 Å². The lowest BCUT2D eigenvalue weighted by Crippen LogP contribution is -2.14. The summed E-state index contributed by atoms with van der Waals surface area (Å²) in [4.78, 5) is 15.5. The van der Waals surface area contributed by atoms with Gasteiger partial charge in [0.05, 0.1) is 6.61 Å². The van der Waals surface area contributed by atoms with E-state index in [0.29, 0.717) is 6.61 Å². The van der Waals surface area contributed by atoms with E-state index in [1.807, 2.05) is 42.5 Å². The van der Waals surface area contributed by atoms with Crippen LogP contribution in [0.15, 0.2) is 54.9 Å². The predicted molar refractivity (Wildman–Crippen MR) is 94.2 cm³/mol. The standard InChI is InChI=1S/C20H18N2O2/c23-20(22-19-11-7-5-8-12-19)24-17-9-4-2-1-3-6-10-18-13-15-21-16-14-18/h5,7-8,11-16H,2,4,9,17H2,(H,22,23). The van der Waals surface area contributed by atoms with Gasteiger partial charge in [-0.05, 0) is 48.9 Å². The van der Waals surface area contributed by atoms with E-state index >= 15 is 0 Å². The second-order valence-electron chi connectivity index (χ2n) is 4.87. The molecule has 0 aliphatic rings. The normalized spacial score (nSPS) is 9.00. The Kier molecular flexibility index (Phi) is 7.48.